The number of nitrogens with one attached hydrogen (secondary N) is 1. The molecule has 0 aromatic heterocycles. The molecule has 2 rings (SSSR count). The van der Waals surface area contributed by atoms with E-state index in [4.69, 9.17) is 0 Å². The summed E-state index contributed by atoms with van der Waals surface area (Å²) in [4.78, 5) is 11.9. The summed E-state index contributed by atoms with van der Waals surface area (Å²) in [6.07, 6.45) is 2.60. The molecule has 3 heteroatoms. The lowest BCUT2D eigenvalue weighted by Gasteiger charge is -2.19. The molecule has 1 amide bonds. The molecule has 92 valence electrons. The molecule has 0 heterocycles. The van der Waals surface area contributed by atoms with Crippen molar-refractivity contribution in [2.45, 2.75) is 40.0 Å². The predicted octanol–water partition coefficient (Wildman–Crippen LogP) is 3.30. The first-order chi connectivity index (χ1) is 7.89. The maximum absolute atomic E-state index is 13.5. The second-order valence-electron chi connectivity index (χ2n) is 5.61. The first-order valence-corrected chi connectivity index (χ1v) is 6.01. The van der Waals surface area contributed by atoms with Gasteiger partial charge in [0.25, 0.3) is 0 Å². The highest BCUT2D eigenvalue weighted by atomic mass is 19.1. The fraction of sp³-hybridized carbons (Fsp3) is 0.500. The van der Waals surface area contributed by atoms with Crippen LogP contribution in [0.2, 0.25) is 0 Å². The van der Waals surface area contributed by atoms with E-state index in [1.54, 1.807) is 6.07 Å². The molecule has 0 bridgehead atoms. The molecule has 1 aliphatic rings. The highest BCUT2D eigenvalue weighted by molar-refractivity contribution is 5.95. The predicted molar refractivity (Wildman–Crippen MR) is 66.5 cm³/mol. The van der Waals surface area contributed by atoms with Gasteiger partial charge < -0.3 is 5.32 Å². The van der Waals surface area contributed by atoms with E-state index in [0.717, 1.165) is 36.1 Å². The summed E-state index contributed by atoms with van der Waals surface area (Å²) < 4.78 is 13.5. The van der Waals surface area contributed by atoms with Crippen molar-refractivity contribution < 1.29 is 9.18 Å². The molecular formula is C14H18FNO. The molecule has 1 N–H and O–H groups in total. The Morgan fingerprint density at radius 2 is 1.88 bits per heavy atom. The Labute approximate surface area is 101 Å². The van der Waals surface area contributed by atoms with Gasteiger partial charge in [-0.1, -0.05) is 20.8 Å². The summed E-state index contributed by atoms with van der Waals surface area (Å²) in [5.74, 6) is -0.176. The number of fused-ring (bicyclic) bond motifs is 1. The largest absolute Gasteiger partial charge is 0.325 e. The molecule has 17 heavy (non-hydrogen) atoms. The van der Waals surface area contributed by atoms with Crippen LogP contribution in [0.25, 0.3) is 0 Å². The minimum atomic E-state index is -0.431. The summed E-state index contributed by atoms with van der Waals surface area (Å²) in [5, 5.41) is 2.90. The second-order valence-corrected chi connectivity index (χ2v) is 5.61. The Morgan fingerprint density at radius 1 is 1.24 bits per heavy atom. The summed E-state index contributed by atoms with van der Waals surface area (Å²) >= 11 is 0. The van der Waals surface area contributed by atoms with Crippen LogP contribution in [-0.2, 0) is 17.6 Å². The average Bonchev–Trinajstić information content (AvgIpc) is 2.70. The van der Waals surface area contributed by atoms with Gasteiger partial charge in [0.05, 0.1) is 0 Å². The maximum Gasteiger partial charge on any atom is 0.229 e. The number of hydrogen-bond donors (Lipinski definition) is 1. The van der Waals surface area contributed by atoms with E-state index in [1.807, 2.05) is 20.8 Å². The first-order valence-electron chi connectivity index (χ1n) is 6.01. The number of rotatable bonds is 1. The lowest BCUT2D eigenvalue weighted by molar-refractivity contribution is -0.123. The van der Waals surface area contributed by atoms with Crippen LogP contribution in [-0.4, -0.2) is 5.91 Å². The van der Waals surface area contributed by atoms with Crippen molar-refractivity contribution >= 4 is 11.6 Å². The normalized spacial score (nSPS) is 14.6. The summed E-state index contributed by atoms with van der Waals surface area (Å²) in [6, 6.07) is 3.12. The Morgan fingerprint density at radius 3 is 2.53 bits per heavy atom. The minimum Gasteiger partial charge on any atom is -0.325 e. The smallest absolute Gasteiger partial charge is 0.229 e. The van der Waals surface area contributed by atoms with Gasteiger partial charge in [-0.3, -0.25) is 4.79 Å². The molecule has 1 aliphatic carbocycles. The molecule has 0 radical (unpaired) electrons. The maximum atomic E-state index is 13.5. The van der Waals surface area contributed by atoms with Gasteiger partial charge in [-0.2, -0.15) is 0 Å². The van der Waals surface area contributed by atoms with Crippen molar-refractivity contribution in [2.24, 2.45) is 5.41 Å². The SMILES string of the molecule is CC(C)(C)C(=O)Nc1ccc(F)c2c1CCC2. The van der Waals surface area contributed by atoms with Crippen molar-refractivity contribution in [3.63, 3.8) is 0 Å². The fourth-order valence-electron chi connectivity index (χ4n) is 2.09. The number of carbonyl (C=O) groups excluding carboxylic acids is 1. The molecule has 0 saturated carbocycles. The number of hydrogen-bond acceptors (Lipinski definition) is 1. The van der Waals surface area contributed by atoms with E-state index in [0.29, 0.717) is 0 Å². The quantitative estimate of drug-likeness (QED) is 0.795. The third-order valence-corrected chi connectivity index (χ3v) is 3.16. The third-order valence-electron chi connectivity index (χ3n) is 3.16. The molecule has 0 saturated heterocycles. The van der Waals surface area contributed by atoms with E-state index in [1.165, 1.54) is 6.07 Å². The lowest BCUT2D eigenvalue weighted by Crippen LogP contribution is -2.28. The summed E-state index contributed by atoms with van der Waals surface area (Å²) in [6.45, 7) is 5.60. The Kier molecular flexibility index (Phi) is 2.94. The molecule has 0 spiro atoms. The van der Waals surface area contributed by atoms with Crippen molar-refractivity contribution in [1.29, 1.82) is 0 Å². The number of halogens is 1. The van der Waals surface area contributed by atoms with Gasteiger partial charge in [-0.25, -0.2) is 4.39 Å². The van der Waals surface area contributed by atoms with Crippen LogP contribution < -0.4 is 5.32 Å². The molecule has 2 nitrogen and oxygen atoms in total. The van der Waals surface area contributed by atoms with Crippen molar-refractivity contribution in [1.82, 2.24) is 0 Å². The van der Waals surface area contributed by atoms with Crippen LogP contribution in [0.4, 0.5) is 10.1 Å². The van der Waals surface area contributed by atoms with Crippen molar-refractivity contribution in [3.8, 4) is 0 Å². The van der Waals surface area contributed by atoms with Crippen LogP contribution >= 0.6 is 0 Å². The van der Waals surface area contributed by atoms with Gasteiger partial charge in [0.1, 0.15) is 5.82 Å². The highest BCUT2D eigenvalue weighted by Crippen LogP contribution is 2.31. The fourth-order valence-corrected chi connectivity index (χ4v) is 2.09. The molecule has 1 aromatic rings. The lowest BCUT2D eigenvalue weighted by atomic mass is 9.95. The number of amides is 1. The molecule has 0 aliphatic heterocycles. The summed E-state index contributed by atoms with van der Waals surface area (Å²) in [7, 11) is 0. The van der Waals surface area contributed by atoms with E-state index in [-0.39, 0.29) is 11.7 Å². The highest BCUT2D eigenvalue weighted by Gasteiger charge is 2.24. The minimum absolute atomic E-state index is 0.0294. The van der Waals surface area contributed by atoms with E-state index < -0.39 is 5.41 Å². The van der Waals surface area contributed by atoms with Crippen molar-refractivity contribution in [3.05, 3.63) is 29.1 Å². The monoisotopic (exact) mass is 235 g/mol. The molecule has 1 aromatic carbocycles. The van der Waals surface area contributed by atoms with Gasteiger partial charge in [0.2, 0.25) is 5.91 Å². The third kappa shape index (κ3) is 2.33. The Bertz CT molecular complexity index is 460. The van der Waals surface area contributed by atoms with Crippen LogP contribution in [0.5, 0.6) is 0 Å². The van der Waals surface area contributed by atoms with E-state index in [2.05, 4.69) is 5.32 Å². The number of carbonyl (C=O) groups is 1. The van der Waals surface area contributed by atoms with Gasteiger partial charge in [-0.05, 0) is 42.5 Å². The zero-order valence-corrected chi connectivity index (χ0v) is 10.6. The van der Waals surface area contributed by atoms with Gasteiger partial charge >= 0.3 is 0 Å². The Hall–Kier alpha value is -1.38. The van der Waals surface area contributed by atoms with Crippen LogP contribution in [0.1, 0.15) is 38.3 Å². The zero-order chi connectivity index (χ0) is 12.6. The summed E-state index contributed by atoms with van der Waals surface area (Å²) in [5.41, 5.74) is 2.10. The van der Waals surface area contributed by atoms with Crippen molar-refractivity contribution in [2.75, 3.05) is 5.32 Å². The number of benzene rings is 1. The molecule has 0 atom stereocenters. The second kappa shape index (κ2) is 4.13. The Balaban J connectivity index is 2.30. The van der Waals surface area contributed by atoms with E-state index in [9.17, 15) is 9.18 Å². The van der Waals surface area contributed by atoms with Gasteiger partial charge in [0.15, 0.2) is 0 Å². The van der Waals surface area contributed by atoms with Crippen LogP contribution in [0.3, 0.4) is 0 Å². The average molecular weight is 235 g/mol. The van der Waals surface area contributed by atoms with Gasteiger partial charge in [0, 0.05) is 11.1 Å². The first kappa shape index (κ1) is 12.1. The van der Waals surface area contributed by atoms with Gasteiger partial charge in [-0.15, -0.1) is 0 Å². The molecule has 0 unspecified atom stereocenters. The topological polar surface area (TPSA) is 29.1 Å². The number of anilines is 1. The standard InChI is InChI=1S/C14H18FNO/c1-14(2,3)13(17)16-12-8-7-11(15)9-5-4-6-10(9)12/h7-8H,4-6H2,1-3H3,(H,16,17). The molecular weight excluding hydrogens is 217 g/mol. The zero-order valence-electron chi connectivity index (χ0n) is 10.6. The van der Waals surface area contributed by atoms with Crippen LogP contribution in [0, 0.1) is 11.2 Å². The molecule has 0 fully saturated rings. The van der Waals surface area contributed by atoms with E-state index >= 15 is 0 Å². The van der Waals surface area contributed by atoms with Crippen LogP contribution in [0.15, 0.2) is 12.1 Å².